The number of aromatic nitrogens is 2. The van der Waals surface area contributed by atoms with Crippen LogP contribution in [-0.4, -0.2) is 40.3 Å². The summed E-state index contributed by atoms with van der Waals surface area (Å²) in [6.45, 7) is 1.56. The van der Waals surface area contributed by atoms with Crippen molar-refractivity contribution in [3.05, 3.63) is 47.8 Å². The Kier molecular flexibility index (Phi) is 6.34. The van der Waals surface area contributed by atoms with Gasteiger partial charge in [0.25, 0.3) is 5.91 Å². The van der Waals surface area contributed by atoms with Crippen molar-refractivity contribution in [1.29, 1.82) is 0 Å². The zero-order valence-electron chi connectivity index (χ0n) is 17.7. The number of nitrogens with zero attached hydrogens (tertiary/aromatic N) is 2. The number of para-hydroxylation sites is 1. The van der Waals surface area contributed by atoms with Gasteiger partial charge >= 0.3 is 12.0 Å². The van der Waals surface area contributed by atoms with E-state index in [9.17, 15) is 14.4 Å². The predicted octanol–water partition coefficient (Wildman–Crippen LogP) is 3.31. The van der Waals surface area contributed by atoms with Gasteiger partial charge in [0.05, 0.1) is 11.4 Å². The van der Waals surface area contributed by atoms with E-state index in [0.29, 0.717) is 11.8 Å². The second kappa shape index (κ2) is 9.32. The first kappa shape index (κ1) is 21.1. The number of carbonyl (C=O) groups excluding carboxylic acids is 3. The minimum Gasteiger partial charge on any atom is -0.451 e. The van der Waals surface area contributed by atoms with Gasteiger partial charge in [-0.2, -0.15) is 5.10 Å². The van der Waals surface area contributed by atoms with E-state index < -0.39 is 24.5 Å². The monoisotopic (exact) mass is 424 g/mol. The zero-order valence-corrected chi connectivity index (χ0v) is 17.7. The molecule has 1 aromatic heterocycles. The van der Waals surface area contributed by atoms with Gasteiger partial charge in [-0.25, -0.2) is 14.3 Å². The number of hydrogen-bond acceptors (Lipinski definition) is 5. The van der Waals surface area contributed by atoms with Gasteiger partial charge in [-0.1, -0.05) is 38.0 Å². The topological polar surface area (TPSA) is 102 Å². The van der Waals surface area contributed by atoms with E-state index in [1.165, 1.54) is 0 Å². The van der Waals surface area contributed by atoms with Gasteiger partial charge in [0.1, 0.15) is 0 Å². The van der Waals surface area contributed by atoms with Gasteiger partial charge in [-0.3, -0.25) is 10.1 Å². The van der Waals surface area contributed by atoms with Crippen LogP contribution in [0, 0.1) is 5.92 Å². The summed E-state index contributed by atoms with van der Waals surface area (Å²) in [6.07, 6.45) is 6.31. The van der Waals surface area contributed by atoms with Crippen molar-refractivity contribution in [3.63, 3.8) is 0 Å². The van der Waals surface area contributed by atoms with Gasteiger partial charge in [0.15, 0.2) is 12.3 Å². The second-order valence-electron chi connectivity index (χ2n) is 8.44. The minimum absolute atomic E-state index is 0.0603. The zero-order chi connectivity index (χ0) is 21.8. The molecule has 164 valence electrons. The number of rotatable bonds is 6. The van der Waals surface area contributed by atoms with Crippen LogP contribution in [0.1, 0.15) is 67.5 Å². The molecule has 0 radical (unpaired) electrons. The smallest absolute Gasteiger partial charge is 0.357 e. The van der Waals surface area contributed by atoms with E-state index >= 15 is 0 Å². The first-order valence-corrected chi connectivity index (χ1v) is 10.9. The molecule has 0 spiro atoms. The Hall–Kier alpha value is -3.16. The maximum atomic E-state index is 12.7. The average Bonchev–Trinajstić information content (AvgIpc) is 3.52. The molecule has 0 saturated heterocycles. The molecule has 2 fully saturated rings. The van der Waals surface area contributed by atoms with Gasteiger partial charge in [-0.15, -0.1) is 0 Å². The molecule has 1 aromatic carbocycles. The van der Waals surface area contributed by atoms with Crippen LogP contribution in [0.4, 0.5) is 4.79 Å². The van der Waals surface area contributed by atoms with Gasteiger partial charge < -0.3 is 10.1 Å². The lowest BCUT2D eigenvalue weighted by atomic mass is 9.86. The summed E-state index contributed by atoms with van der Waals surface area (Å²) in [5, 5.41) is 9.65. The lowest BCUT2D eigenvalue weighted by Crippen LogP contribution is -2.48. The first-order chi connectivity index (χ1) is 15.0. The van der Waals surface area contributed by atoms with Crippen LogP contribution in [-0.2, 0) is 9.53 Å². The Balaban J connectivity index is 1.34. The molecular formula is C23H28N4O4. The Labute approximate surface area is 181 Å². The summed E-state index contributed by atoms with van der Waals surface area (Å²) < 4.78 is 6.73. The maximum absolute atomic E-state index is 12.7. The molecule has 0 bridgehead atoms. The Morgan fingerprint density at radius 1 is 1.10 bits per heavy atom. The molecular weight excluding hydrogens is 396 g/mol. The molecule has 0 aliphatic heterocycles. The van der Waals surface area contributed by atoms with Crippen molar-refractivity contribution in [2.75, 3.05) is 6.61 Å². The third kappa shape index (κ3) is 5.31. The van der Waals surface area contributed by atoms with Crippen LogP contribution < -0.4 is 10.6 Å². The summed E-state index contributed by atoms with van der Waals surface area (Å²) in [6, 6.07) is 10.5. The number of amides is 3. The highest BCUT2D eigenvalue weighted by Crippen LogP contribution is 2.39. The molecule has 1 heterocycles. The van der Waals surface area contributed by atoms with Gasteiger partial charge in [-0.05, 0) is 49.8 Å². The number of benzene rings is 1. The lowest BCUT2D eigenvalue weighted by Gasteiger charge is -2.29. The normalized spacial score (nSPS) is 20.7. The summed E-state index contributed by atoms with van der Waals surface area (Å²) >= 11 is 0. The summed E-state index contributed by atoms with van der Waals surface area (Å²) in [5.41, 5.74) is 1.86. The SMILES string of the molecule is C[C@H]1CCCC[C@@H]1NC(=O)NC(=O)COC(=O)c1cc(C2CC2)nn1-c1ccccc1. The van der Waals surface area contributed by atoms with E-state index in [1.807, 2.05) is 30.3 Å². The Morgan fingerprint density at radius 3 is 2.55 bits per heavy atom. The van der Waals surface area contributed by atoms with Crippen LogP contribution in [0.3, 0.4) is 0 Å². The quantitative estimate of drug-likeness (QED) is 0.693. The molecule has 3 amide bonds. The van der Waals surface area contributed by atoms with E-state index in [2.05, 4.69) is 22.7 Å². The number of carbonyl (C=O) groups is 3. The third-order valence-electron chi connectivity index (χ3n) is 5.95. The van der Waals surface area contributed by atoms with Crippen molar-refractivity contribution in [2.24, 2.45) is 5.92 Å². The largest absolute Gasteiger partial charge is 0.451 e. The standard InChI is InChI=1S/C23H28N4O4/c1-15-7-5-6-10-18(15)24-23(30)25-21(28)14-31-22(29)20-13-19(16-11-12-16)26-27(20)17-8-3-2-4-9-17/h2-4,8-9,13,15-16,18H,5-7,10-12,14H2,1H3,(H2,24,25,28,30)/t15-,18-/m0/s1. The number of imide groups is 1. The van der Waals surface area contributed by atoms with E-state index in [1.54, 1.807) is 10.7 Å². The average molecular weight is 425 g/mol. The van der Waals surface area contributed by atoms with Crippen molar-refractivity contribution >= 4 is 17.9 Å². The molecule has 2 atom stereocenters. The van der Waals surface area contributed by atoms with Gasteiger partial charge in [0, 0.05) is 12.0 Å². The lowest BCUT2D eigenvalue weighted by molar-refractivity contribution is -0.123. The molecule has 2 aromatic rings. The van der Waals surface area contributed by atoms with E-state index in [0.717, 1.165) is 49.9 Å². The molecule has 8 heteroatoms. The van der Waals surface area contributed by atoms with E-state index in [-0.39, 0.29) is 11.7 Å². The fraction of sp³-hybridized carbons (Fsp3) is 0.478. The van der Waals surface area contributed by atoms with Crippen LogP contribution in [0.25, 0.3) is 5.69 Å². The van der Waals surface area contributed by atoms with Crippen molar-refractivity contribution < 1.29 is 19.1 Å². The second-order valence-corrected chi connectivity index (χ2v) is 8.44. The maximum Gasteiger partial charge on any atom is 0.357 e. The van der Waals surface area contributed by atoms with Gasteiger partial charge in [0.2, 0.25) is 0 Å². The molecule has 4 rings (SSSR count). The molecule has 31 heavy (non-hydrogen) atoms. The fourth-order valence-corrected chi connectivity index (χ4v) is 3.99. The molecule has 2 saturated carbocycles. The van der Waals surface area contributed by atoms with Crippen LogP contribution in [0.2, 0.25) is 0 Å². The molecule has 8 nitrogen and oxygen atoms in total. The molecule has 2 aliphatic carbocycles. The highest BCUT2D eigenvalue weighted by Gasteiger charge is 2.30. The van der Waals surface area contributed by atoms with Crippen molar-refractivity contribution in [1.82, 2.24) is 20.4 Å². The minimum atomic E-state index is -0.664. The molecule has 0 unspecified atom stereocenters. The van der Waals surface area contributed by atoms with Crippen molar-refractivity contribution in [2.45, 2.75) is 57.4 Å². The van der Waals surface area contributed by atoms with Crippen LogP contribution in [0.5, 0.6) is 0 Å². The Morgan fingerprint density at radius 2 is 1.84 bits per heavy atom. The summed E-state index contributed by atoms with van der Waals surface area (Å²) in [5.74, 6) is -0.570. The van der Waals surface area contributed by atoms with E-state index in [4.69, 9.17) is 4.74 Å². The molecule has 2 N–H and O–H groups in total. The first-order valence-electron chi connectivity index (χ1n) is 10.9. The number of urea groups is 1. The predicted molar refractivity (Wildman–Crippen MR) is 114 cm³/mol. The highest BCUT2D eigenvalue weighted by molar-refractivity contribution is 5.96. The fourth-order valence-electron chi connectivity index (χ4n) is 3.99. The highest BCUT2D eigenvalue weighted by atomic mass is 16.5. The number of ether oxygens (including phenoxy) is 1. The third-order valence-corrected chi connectivity index (χ3v) is 5.95. The number of hydrogen-bond donors (Lipinski definition) is 2. The summed E-state index contributed by atoms with van der Waals surface area (Å²) in [4.78, 5) is 36.9. The number of esters is 1. The molecule has 2 aliphatic rings. The number of nitrogens with one attached hydrogen (secondary N) is 2. The van der Waals surface area contributed by atoms with Crippen LogP contribution >= 0.6 is 0 Å². The van der Waals surface area contributed by atoms with Crippen molar-refractivity contribution in [3.8, 4) is 5.69 Å². The van der Waals surface area contributed by atoms with Crippen LogP contribution in [0.15, 0.2) is 36.4 Å². The Bertz CT molecular complexity index is 952. The summed E-state index contributed by atoms with van der Waals surface area (Å²) in [7, 11) is 0.